The first-order valence-electron chi connectivity index (χ1n) is 5.16. The fraction of sp³-hybridized carbons (Fsp3) is 1.00. The molecule has 0 amide bonds. The van der Waals surface area contributed by atoms with Crippen molar-refractivity contribution in [1.82, 2.24) is 4.90 Å². The molecule has 70 valence electrons. The Labute approximate surface area is 74.6 Å². The Bertz CT molecular complexity index is 160. The number of aliphatic hydroxyl groups is 1. The van der Waals surface area contributed by atoms with Crippen molar-refractivity contribution < 1.29 is 5.11 Å². The molecule has 0 aromatic carbocycles. The fourth-order valence-corrected chi connectivity index (χ4v) is 2.76. The second-order valence-electron chi connectivity index (χ2n) is 4.42. The van der Waals surface area contributed by atoms with Crippen molar-refractivity contribution in [2.45, 2.75) is 50.6 Å². The van der Waals surface area contributed by atoms with Gasteiger partial charge in [-0.05, 0) is 45.6 Å². The predicted molar refractivity (Wildman–Crippen MR) is 49.1 cm³/mol. The minimum atomic E-state index is 0.204. The molecule has 2 fully saturated rings. The van der Waals surface area contributed by atoms with E-state index >= 15 is 0 Å². The van der Waals surface area contributed by atoms with E-state index in [1.54, 1.807) is 0 Å². The Hall–Kier alpha value is -0.0800. The fourth-order valence-electron chi connectivity index (χ4n) is 2.76. The predicted octanol–water partition coefficient (Wildman–Crippen LogP) is 1.39. The van der Waals surface area contributed by atoms with Gasteiger partial charge in [-0.25, -0.2) is 0 Å². The van der Waals surface area contributed by atoms with Crippen molar-refractivity contribution >= 4 is 0 Å². The molecule has 1 atom stereocenters. The van der Waals surface area contributed by atoms with Gasteiger partial charge < -0.3 is 5.11 Å². The molecule has 1 N–H and O–H groups in total. The van der Waals surface area contributed by atoms with Crippen molar-refractivity contribution in [3.05, 3.63) is 0 Å². The van der Waals surface area contributed by atoms with Gasteiger partial charge >= 0.3 is 0 Å². The number of likely N-dealkylation sites (tertiary alicyclic amines) is 1. The third-order valence-corrected chi connectivity index (χ3v) is 3.74. The van der Waals surface area contributed by atoms with E-state index in [0.29, 0.717) is 12.6 Å². The molecule has 0 aromatic rings. The van der Waals surface area contributed by atoms with Gasteiger partial charge in [-0.15, -0.1) is 0 Å². The second-order valence-corrected chi connectivity index (χ2v) is 4.42. The smallest absolute Gasteiger partial charge is 0.0615 e. The number of hydrogen-bond donors (Lipinski definition) is 1. The summed E-state index contributed by atoms with van der Waals surface area (Å²) in [5, 5.41) is 9.37. The molecule has 2 nitrogen and oxygen atoms in total. The topological polar surface area (TPSA) is 23.5 Å². The summed E-state index contributed by atoms with van der Waals surface area (Å²) in [4.78, 5) is 2.54. The molecule has 1 saturated heterocycles. The molecule has 12 heavy (non-hydrogen) atoms. The lowest BCUT2D eigenvalue weighted by Gasteiger charge is -2.49. The monoisotopic (exact) mass is 169 g/mol. The van der Waals surface area contributed by atoms with Gasteiger partial charge in [0.25, 0.3) is 0 Å². The summed E-state index contributed by atoms with van der Waals surface area (Å²) in [7, 11) is 0. The molecule has 0 bridgehead atoms. The number of nitrogens with zero attached hydrogens (tertiary/aromatic N) is 1. The van der Waals surface area contributed by atoms with Crippen molar-refractivity contribution in [3.8, 4) is 0 Å². The van der Waals surface area contributed by atoms with Gasteiger partial charge in [-0.1, -0.05) is 0 Å². The van der Waals surface area contributed by atoms with E-state index in [2.05, 4.69) is 11.8 Å². The molecule has 1 saturated carbocycles. The molecule has 0 spiro atoms. The molecule has 1 aliphatic heterocycles. The van der Waals surface area contributed by atoms with Crippen LogP contribution in [0.3, 0.4) is 0 Å². The van der Waals surface area contributed by atoms with Gasteiger partial charge in [0.15, 0.2) is 0 Å². The van der Waals surface area contributed by atoms with E-state index < -0.39 is 0 Å². The second kappa shape index (κ2) is 3.00. The third kappa shape index (κ3) is 1.09. The van der Waals surface area contributed by atoms with Crippen LogP contribution < -0.4 is 0 Å². The Morgan fingerprint density at radius 3 is 2.50 bits per heavy atom. The van der Waals surface area contributed by atoms with E-state index in [1.807, 2.05) is 0 Å². The summed E-state index contributed by atoms with van der Waals surface area (Å²) in [5.41, 5.74) is 0.204. The Morgan fingerprint density at radius 1 is 1.42 bits per heavy atom. The maximum atomic E-state index is 9.37. The van der Waals surface area contributed by atoms with Crippen molar-refractivity contribution in [3.63, 3.8) is 0 Å². The van der Waals surface area contributed by atoms with E-state index in [-0.39, 0.29) is 5.54 Å². The van der Waals surface area contributed by atoms with Gasteiger partial charge in [0, 0.05) is 11.6 Å². The quantitative estimate of drug-likeness (QED) is 0.675. The summed E-state index contributed by atoms with van der Waals surface area (Å²) in [6, 6.07) is 0.706. The van der Waals surface area contributed by atoms with E-state index in [0.717, 1.165) is 0 Å². The Balaban J connectivity index is 2.05. The molecule has 2 aliphatic rings. The first-order chi connectivity index (χ1) is 5.78. The molecule has 1 heterocycles. The zero-order valence-corrected chi connectivity index (χ0v) is 7.92. The largest absolute Gasteiger partial charge is 0.394 e. The van der Waals surface area contributed by atoms with Crippen LogP contribution in [-0.4, -0.2) is 34.7 Å². The highest BCUT2D eigenvalue weighted by Crippen LogP contribution is 2.41. The molecule has 2 heteroatoms. The van der Waals surface area contributed by atoms with Crippen molar-refractivity contribution in [2.75, 3.05) is 13.2 Å². The number of hydrogen-bond acceptors (Lipinski definition) is 2. The van der Waals surface area contributed by atoms with Crippen LogP contribution in [0.25, 0.3) is 0 Å². The zero-order valence-electron chi connectivity index (χ0n) is 7.92. The molecule has 1 aliphatic carbocycles. The van der Waals surface area contributed by atoms with Crippen LogP contribution in [0, 0.1) is 0 Å². The van der Waals surface area contributed by atoms with Gasteiger partial charge in [0.05, 0.1) is 6.61 Å². The molecule has 1 unspecified atom stereocenters. The molecule has 0 radical (unpaired) electrons. The third-order valence-electron chi connectivity index (χ3n) is 3.74. The lowest BCUT2D eigenvalue weighted by molar-refractivity contribution is -0.0332. The maximum Gasteiger partial charge on any atom is 0.0615 e. The van der Waals surface area contributed by atoms with E-state index in [1.165, 1.54) is 38.6 Å². The highest BCUT2D eigenvalue weighted by molar-refractivity contribution is 5.01. The van der Waals surface area contributed by atoms with Crippen LogP contribution in [0.4, 0.5) is 0 Å². The average Bonchev–Trinajstić information content (AvgIpc) is 2.36. The molecule has 0 aromatic heterocycles. The van der Waals surface area contributed by atoms with Gasteiger partial charge in [0.2, 0.25) is 0 Å². The first-order valence-corrected chi connectivity index (χ1v) is 5.16. The van der Waals surface area contributed by atoms with Crippen LogP contribution in [0.15, 0.2) is 0 Å². The lowest BCUT2D eigenvalue weighted by Crippen LogP contribution is -2.57. The van der Waals surface area contributed by atoms with E-state index in [4.69, 9.17) is 0 Å². The van der Waals surface area contributed by atoms with Crippen molar-refractivity contribution in [1.29, 1.82) is 0 Å². The minimum absolute atomic E-state index is 0.204. The molecule has 2 rings (SSSR count). The minimum Gasteiger partial charge on any atom is -0.394 e. The summed E-state index contributed by atoms with van der Waals surface area (Å²) in [5.74, 6) is 0. The summed E-state index contributed by atoms with van der Waals surface area (Å²) in [6.07, 6.45) is 6.39. The van der Waals surface area contributed by atoms with Crippen LogP contribution >= 0.6 is 0 Å². The maximum absolute atomic E-state index is 9.37. The first kappa shape index (κ1) is 8.52. The van der Waals surface area contributed by atoms with Crippen LogP contribution in [0.5, 0.6) is 0 Å². The normalized spacial score (nSPS) is 35.0. The Morgan fingerprint density at radius 2 is 2.17 bits per heavy atom. The van der Waals surface area contributed by atoms with Crippen LogP contribution in [0.1, 0.15) is 39.0 Å². The van der Waals surface area contributed by atoms with Crippen LogP contribution in [0.2, 0.25) is 0 Å². The summed E-state index contributed by atoms with van der Waals surface area (Å²) < 4.78 is 0. The van der Waals surface area contributed by atoms with Gasteiger partial charge in [-0.3, -0.25) is 4.90 Å². The SMILES string of the molecule is CC1CCCN1C1(CO)CCC1. The van der Waals surface area contributed by atoms with Gasteiger partial charge in [0.1, 0.15) is 0 Å². The van der Waals surface area contributed by atoms with Crippen molar-refractivity contribution in [2.24, 2.45) is 0 Å². The van der Waals surface area contributed by atoms with E-state index in [9.17, 15) is 5.11 Å². The number of rotatable bonds is 2. The molecular weight excluding hydrogens is 150 g/mol. The summed E-state index contributed by atoms with van der Waals surface area (Å²) in [6.45, 7) is 3.88. The lowest BCUT2D eigenvalue weighted by atomic mass is 9.75. The standard InChI is InChI=1S/C10H19NO/c1-9-4-2-7-11(9)10(8-12)5-3-6-10/h9,12H,2-8H2,1H3. The van der Waals surface area contributed by atoms with Crippen LogP contribution in [-0.2, 0) is 0 Å². The zero-order chi connectivity index (χ0) is 8.60. The number of aliphatic hydroxyl groups excluding tert-OH is 1. The summed E-state index contributed by atoms with van der Waals surface area (Å²) >= 11 is 0. The Kier molecular flexibility index (Phi) is 2.13. The molecular formula is C10H19NO. The highest BCUT2D eigenvalue weighted by atomic mass is 16.3. The highest BCUT2D eigenvalue weighted by Gasteiger charge is 2.44. The average molecular weight is 169 g/mol. The van der Waals surface area contributed by atoms with Gasteiger partial charge in [-0.2, -0.15) is 0 Å².